The second-order valence-electron chi connectivity index (χ2n) is 5.71. The summed E-state index contributed by atoms with van der Waals surface area (Å²) >= 11 is 0. The highest BCUT2D eigenvalue weighted by atomic mass is 32.2. The summed E-state index contributed by atoms with van der Waals surface area (Å²) in [5, 5.41) is 0. The lowest BCUT2D eigenvalue weighted by atomic mass is 10.1. The second-order valence-corrected chi connectivity index (χ2v) is 7.48. The van der Waals surface area contributed by atoms with Gasteiger partial charge in [-0.15, -0.1) is 0 Å². The molecule has 0 atom stereocenters. The molecule has 0 aliphatic rings. The average Bonchev–Trinajstić information content (AvgIpc) is 2.45. The largest absolute Gasteiger partial charge is 0.240 e. The van der Waals surface area contributed by atoms with Crippen LogP contribution in [-0.4, -0.2) is 8.42 Å². The van der Waals surface area contributed by atoms with E-state index in [0.717, 1.165) is 35.1 Å². The third-order valence-corrected chi connectivity index (χ3v) is 4.94. The lowest BCUT2D eigenvalue weighted by Gasteiger charge is -2.09. The molecule has 0 aliphatic carbocycles. The standard InChI is InChI=1S/C18H23NO2S/c1-4-5-16-6-8-18(9-7-16)22(20,21)19-13-17-11-14(2)10-15(3)12-17/h6-12,19H,4-5,13H2,1-3H3. The first kappa shape index (κ1) is 16.7. The van der Waals surface area contributed by atoms with Crippen LogP contribution in [0.2, 0.25) is 0 Å². The molecule has 118 valence electrons. The van der Waals surface area contributed by atoms with Gasteiger partial charge in [0.1, 0.15) is 0 Å². The summed E-state index contributed by atoms with van der Waals surface area (Å²) in [4.78, 5) is 0.316. The molecule has 22 heavy (non-hydrogen) atoms. The van der Waals surface area contributed by atoms with Gasteiger partial charge in [-0.1, -0.05) is 54.8 Å². The second kappa shape index (κ2) is 7.07. The molecule has 0 heterocycles. The predicted octanol–water partition coefficient (Wildman–Crippen LogP) is 3.73. The fourth-order valence-electron chi connectivity index (χ4n) is 2.56. The van der Waals surface area contributed by atoms with Gasteiger partial charge >= 0.3 is 0 Å². The molecule has 0 bridgehead atoms. The lowest BCUT2D eigenvalue weighted by molar-refractivity contribution is 0.581. The quantitative estimate of drug-likeness (QED) is 0.882. The fourth-order valence-corrected chi connectivity index (χ4v) is 3.57. The normalized spacial score (nSPS) is 11.6. The highest BCUT2D eigenvalue weighted by Gasteiger charge is 2.13. The minimum absolute atomic E-state index is 0.307. The Kier molecular flexibility index (Phi) is 5.37. The first-order valence-electron chi connectivity index (χ1n) is 7.56. The van der Waals surface area contributed by atoms with Gasteiger partial charge in [0.15, 0.2) is 0 Å². The Morgan fingerprint density at radius 2 is 1.50 bits per heavy atom. The maximum absolute atomic E-state index is 12.3. The van der Waals surface area contributed by atoms with Crippen molar-refractivity contribution in [1.29, 1.82) is 0 Å². The first-order chi connectivity index (χ1) is 10.4. The van der Waals surface area contributed by atoms with Crippen LogP contribution in [-0.2, 0) is 23.0 Å². The smallest absolute Gasteiger partial charge is 0.207 e. The SMILES string of the molecule is CCCc1ccc(S(=O)(=O)NCc2cc(C)cc(C)c2)cc1. The van der Waals surface area contributed by atoms with Crippen molar-refractivity contribution in [2.24, 2.45) is 0 Å². The topological polar surface area (TPSA) is 46.2 Å². The van der Waals surface area contributed by atoms with Gasteiger partial charge in [-0.3, -0.25) is 0 Å². The van der Waals surface area contributed by atoms with Crippen molar-refractivity contribution in [1.82, 2.24) is 4.72 Å². The Morgan fingerprint density at radius 1 is 0.909 bits per heavy atom. The number of aryl methyl sites for hydroxylation is 3. The molecular formula is C18H23NO2S. The highest BCUT2D eigenvalue weighted by Crippen LogP contribution is 2.14. The predicted molar refractivity (Wildman–Crippen MR) is 90.4 cm³/mol. The van der Waals surface area contributed by atoms with E-state index < -0.39 is 10.0 Å². The monoisotopic (exact) mass is 317 g/mol. The molecule has 0 aromatic heterocycles. The Hall–Kier alpha value is -1.65. The van der Waals surface area contributed by atoms with Gasteiger partial charge in [-0.25, -0.2) is 13.1 Å². The molecule has 2 aromatic rings. The van der Waals surface area contributed by atoms with E-state index in [4.69, 9.17) is 0 Å². The van der Waals surface area contributed by atoms with Crippen LogP contribution in [0, 0.1) is 13.8 Å². The minimum Gasteiger partial charge on any atom is -0.207 e. The van der Waals surface area contributed by atoms with Gasteiger partial charge in [0, 0.05) is 6.54 Å². The number of hydrogen-bond donors (Lipinski definition) is 1. The van der Waals surface area contributed by atoms with E-state index in [0.29, 0.717) is 11.4 Å². The molecule has 0 unspecified atom stereocenters. The van der Waals surface area contributed by atoms with Crippen LogP contribution in [0.4, 0.5) is 0 Å². The van der Waals surface area contributed by atoms with Crippen molar-refractivity contribution in [3.63, 3.8) is 0 Å². The molecule has 3 nitrogen and oxygen atoms in total. The molecular weight excluding hydrogens is 294 g/mol. The third kappa shape index (κ3) is 4.42. The average molecular weight is 317 g/mol. The zero-order valence-electron chi connectivity index (χ0n) is 13.4. The highest BCUT2D eigenvalue weighted by molar-refractivity contribution is 7.89. The zero-order valence-corrected chi connectivity index (χ0v) is 14.2. The molecule has 0 radical (unpaired) electrons. The zero-order chi connectivity index (χ0) is 16.2. The van der Waals surface area contributed by atoms with E-state index in [2.05, 4.69) is 17.7 Å². The first-order valence-corrected chi connectivity index (χ1v) is 9.05. The molecule has 0 saturated heterocycles. The molecule has 0 aliphatic heterocycles. The maximum Gasteiger partial charge on any atom is 0.240 e. The Morgan fingerprint density at radius 3 is 2.05 bits per heavy atom. The van der Waals surface area contributed by atoms with Crippen LogP contribution in [0.3, 0.4) is 0 Å². The summed E-state index contributed by atoms with van der Waals surface area (Å²) in [5.41, 5.74) is 4.41. The molecule has 4 heteroatoms. The van der Waals surface area contributed by atoms with E-state index >= 15 is 0 Å². The lowest BCUT2D eigenvalue weighted by Crippen LogP contribution is -2.23. The van der Waals surface area contributed by atoms with Crippen LogP contribution in [0.1, 0.15) is 35.6 Å². The molecule has 2 rings (SSSR count). The van der Waals surface area contributed by atoms with Crippen molar-refractivity contribution in [2.75, 3.05) is 0 Å². The van der Waals surface area contributed by atoms with Crippen molar-refractivity contribution >= 4 is 10.0 Å². The molecule has 1 N–H and O–H groups in total. The Bertz CT molecular complexity index is 714. The summed E-state index contributed by atoms with van der Waals surface area (Å²) in [6.45, 7) is 6.44. The number of rotatable bonds is 6. The van der Waals surface area contributed by atoms with Crippen molar-refractivity contribution in [3.8, 4) is 0 Å². The number of sulfonamides is 1. The van der Waals surface area contributed by atoms with Gasteiger partial charge < -0.3 is 0 Å². The van der Waals surface area contributed by atoms with Crippen molar-refractivity contribution in [2.45, 2.75) is 45.1 Å². The van der Waals surface area contributed by atoms with Crippen LogP contribution in [0.15, 0.2) is 47.4 Å². The van der Waals surface area contributed by atoms with Crippen LogP contribution in [0.5, 0.6) is 0 Å². The van der Waals surface area contributed by atoms with Crippen LogP contribution < -0.4 is 4.72 Å². The Balaban J connectivity index is 2.10. The Labute approximate surface area is 133 Å². The van der Waals surface area contributed by atoms with Gasteiger partial charge in [0.25, 0.3) is 0 Å². The molecule has 0 saturated carbocycles. The van der Waals surface area contributed by atoms with E-state index in [1.807, 2.05) is 38.1 Å². The molecule has 2 aromatic carbocycles. The fraction of sp³-hybridized carbons (Fsp3) is 0.333. The van der Waals surface area contributed by atoms with Crippen molar-refractivity contribution in [3.05, 3.63) is 64.7 Å². The van der Waals surface area contributed by atoms with Crippen molar-refractivity contribution < 1.29 is 8.42 Å². The van der Waals surface area contributed by atoms with Crippen LogP contribution in [0.25, 0.3) is 0 Å². The molecule has 0 spiro atoms. The summed E-state index contributed by atoms with van der Waals surface area (Å²) in [6, 6.07) is 13.2. The summed E-state index contributed by atoms with van der Waals surface area (Å²) in [7, 11) is -3.47. The van der Waals surface area contributed by atoms with E-state index in [-0.39, 0.29) is 0 Å². The maximum atomic E-state index is 12.3. The van der Waals surface area contributed by atoms with Gasteiger partial charge in [-0.2, -0.15) is 0 Å². The molecule has 0 fully saturated rings. The van der Waals surface area contributed by atoms with E-state index in [1.165, 1.54) is 0 Å². The minimum atomic E-state index is -3.47. The number of hydrogen-bond acceptors (Lipinski definition) is 2. The number of benzene rings is 2. The number of nitrogens with one attached hydrogen (secondary N) is 1. The van der Waals surface area contributed by atoms with Crippen LogP contribution >= 0.6 is 0 Å². The van der Waals surface area contributed by atoms with Gasteiger partial charge in [0.05, 0.1) is 4.90 Å². The summed E-state index contributed by atoms with van der Waals surface area (Å²) in [6.07, 6.45) is 2.02. The van der Waals surface area contributed by atoms with E-state index in [9.17, 15) is 8.42 Å². The third-order valence-electron chi connectivity index (χ3n) is 3.52. The summed E-state index contributed by atoms with van der Waals surface area (Å²) in [5.74, 6) is 0. The molecule has 0 amide bonds. The van der Waals surface area contributed by atoms with E-state index in [1.54, 1.807) is 12.1 Å². The van der Waals surface area contributed by atoms with Gasteiger partial charge in [-0.05, 0) is 43.5 Å². The van der Waals surface area contributed by atoms with Gasteiger partial charge in [0.2, 0.25) is 10.0 Å². The summed E-state index contributed by atoms with van der Waals surface area (Å²) < 4.78 is 27.3.